The molecule has 2 amide bonds. The number of halogens is 2. The molecular weight excluding hydrogens is 351 g/mol. The van der Waals surface area contributed by atoms with Crippen molar-refractivity contribution < 1.29 is 23.5 Å². The third kappa shape index (κ3) is 4.84. The summed E-state index contributed by atoms with van der Waals surface area (Å²) in [5.74, 6) is -1.50. The molecule has 0 spiro atoms. The van der Waals surface area contributed by atoms with Gasteiger partial charge in [-0.05, 0) is 17.7 Å². The number of rotatable bonds is 5. The van der Waals surface area contributed by atoms with Gasteiger partial charge in [0, 0.05) is 18.7 Å². The van der Waals surface area contributed by atoms with Crippen molar-refractivity contribution in [3.63, 3.8) is 0 Å². The highest BCUT2D eigenvalue weighted by atomic mass is 35.5. The average Bonchev–Trinajstić information content (AvgIpc) is 2.61. The molecule has 2 aromatic rings. The standard InChI is InChI=1S/C17H16ClFN2O4/c1-24-14-8-13(15(25-2)7-12(14)18)21-17(23)16(22)20-9-10-3-5-11(19)6-4-10/h3-8H,9H2,1-2H3,(H,20,22)(H,21,23). The number of amides is 2. The van der Waals surface area contributed by atoms with Gasteiger partial charge < -0.3 is 20.1 Å². The second kappa shape index (κ2) is 8.34. The van der Waals surface area contributed by atoms with Crippen LogP contribution in [0.3, 0.4) is 0 Å². The summed E-state index contributed by atoms with van der Waals surface area (Å²) in [4.78, 5) is 23.9. The fourth-order valence-corrected chi connectivity index (χ4v) is 2.23. The summed E-state index contributed by atoms with van der Waals surface area (Å²) in [5.41, 5.74) is 0.902. The highest BCUT2D eigenvalue weighted by molar-refractivity contribution is 6.40. The van der Waals surface area contributed by atoms with Crippen LogP contribution in [0.25, 0.3) is 0 Å². The number of carbonyl (C=O) groups excluding carboxylic acids is 2. The Balaban J connectivity index is 2.03. The fraction of sp³-hybridized carbons (Fsp3) is 0.176. The molecule has 0 saturated carbocycles. The van der Waals surface area contributed by atoms with E-state index in [1.54, 1.807) is 0 Å². The van der Waals surface area contributed by atoms with Crippen molar-refractivity contribution in [2.24, 2.45) is 0 Å². The van der Waals surface area contributed by atoms with Gasteiger partial charge in [-0.3, -0.25) is 9.59 Å². The summed E-state index contributed by atoms with van der Waals surface area (Å²) in [6.07, 6.45) is 0. The SMILES string of the molecule is COc1cc(NC(=O)C(=O)NCc2ccc(F)cc2)c(OC)cc1Cl. The topological polar surface area (TPSA) is 76.7 Å². The van der Waals surface area contributed by atoms with Crippen molar-refractivity contribution in [1.29, 1.82) is 0 Å². The molecule has 0 heterocycles. The number of ether oxygens (including phenoxy) is 2. The molecule has 0 bridgehead atoms. The van der Waals surface area contributed by atoms with Crippen LogP contribution in [-0.4, -0.2) is 26.0 Å². The normalized spacial score (nSPS) is 10.1. The highest BCUT2D eigenvalue weighted by Crippen LogP contribution is 2.35. The predicted octanol–water partition coefficient (Wildman–Crippen LogP) is 2.75. The smallest absolute Gasteiger partial charge is 0.313 e. The van der Waals surface area contributed by atoms with E-state index in [9.17, 15) is 14.0 Å². The maximum atomic E-state index is 12.8. The largest absolute Gasteiger partial charge is 0.495 e. The van der Waals surface area contributed by atoms with Crippen molar-refractivity contribution >= 4 is 29.1 Å². The van der Waals surface area contributed by atoms with Crippen LogP contribution in [0, 0.1) is 5.82 Å². The number of methoxy groups -OCH3 is 2. The molecule has 25 heavy (non-hydrogen) atoms. The molecule has 0 fully saturated rings. The van der Waals surface area contributed by atoms with Crippen LogP contribution < -0.4 is 20.1 Å². The van der Waals surface area contributed by atoms with Gasteiger partial charge in [0.05, 0.1) is 24.9 Å². The van der Waals surface area contributed by atoms with Gasteiger partial charge in [-0.25, -0.2) is 4.39 Å². The first-order valence-corrected chi connectivity index (χ1v) is 7.57. The zero-order chi connectivity index (χ0) is 18.4. The Kier molecular flexibility index (Phi) is 6.19. The first kappa shape index (κ1) is 18.5. The molecule has 0 aromatic heterocycles. The summed E-state index contributed by atoms with van der Waals surface area (Å²) in [6.45, 7) is 0.0909. The van der Waals surface area contributed by atoms with Gasteiger partial charge in [-0.2, -0.15) is 0 Å². The fourth-order valence-electron chi connectivity index (χ4n) is 2.00. The molecule has 2 rings (SSSR count). The Morgan fingerprint density at radius 3 is 2.28 bits per heavy atom. The number of nitrogens with one attached hydrogen (secondary N) is 2. The zero-order valence-corrected chi connectivity index (χ0v) is 14.3. The van der Waals surface area contributed by atoms with E-state index in [-0.39, 0.29) is 23.8 Å². The van der Waals surface area contributed by atoms with Gasteiger partial charge in [0.15, 0.2) is 0 Å². The van der Waals surface area contributed by atoms with Gasteiger partial charge >= 0.3 is 11.8 Å². The van der Waals surface area contributed by atoms with Crippen molar-refractivity contribution in [3.8, 4) is 11.5 Å². The van der Waals surface area contributed by atoms with E-state index in [2.05, 4.69) is 10.6 Å². The predicted molar refractivity (Wildman–Crippen MR) is 91.4 cm³/mol. The molecule has 8 heteroatoms. The summed E-state index contributed by atoms with van der Waals surface area (Å²) in [5, 5.41) is 5.18. The van der Waals surface area contributed by atoms with E-state index in [1.165, 1.54) is 50.6 Å². The summed E-state index contributed by atoms with van der Waals surface area (Å²) >= 11 is 5.98. The molecule has 2 N–H and O–H groups in total. The lowest BCUT2D eigenvalue weighted by atomic mass is 10.2. The zero-order valence-electron chi connectivity index (χ0n) is 13.6. The molecule has 0 atom stereocenters. The van der Waals surface area contributed by atoms with Crippen LogP contribution in [0.2, 0.25) is 5.02 Å². The van der Waals surface area contributed by atoms with Crippen LogP contribution in [0.5, 0.6) is 11.5 Å². The number of benzene rings is 2. The molecule has 0 aliphatic heterocycles. The Morgan fingerprint density at radius 2 is 1.68 bits per heavy atom. The molecule has 132 valence electrons. The quantitative estimate of drug-likeness (QED) is 0.798. The van der Waals surface area contributed by atoms with Crippen molar-refractivity contribution in [2.45, 2.75) is 6.54 Å². The van der Waals surface area contributed by atoms with Crippen LogP contribution >= 0.6 is 11.6 Å². The van der Waals surface area contributed by atoms with E-state index in [0.717, 1.165) is 0 Å². The third-order valence-electron chi connectivity index (χ3n) is 3.29. The van der Waals surface area contributed by atoms with E-state index in [1.807, 2.05) is 0 Å². The molecule has 0 unspecified atom stereocenters. The lowest BCUT2D eigenvalue weighted by Crippen LogP contribution is -2.35. The lowest BCUT2D eigenvalue weighted by Gasteiger charge is -2.13. The number of hydrogen-bond donors (Lipinski definition) is 2. The maximum absolute atomic E-state index is 12.8. The summed E-state index contributed by atoms with van der Waals surface area (Å²) in [7, 11) is 2.83. The average molecular weight is 367 g/mol. The third-order valence-corrected chi connectivity index (χ3v) is 3.59. The maximum Gasteiger partial charge on any atom is 0.313 e. The minimum absolute atomic E-state index is 0.0909. The van der Waals surface area contributed by atoms with Gasteiger partial charge in [0.2, 0.25) is 0 Å². The van der Waals surface area contributed by atoms with Gasteiger partial charge in [-0.1, -0.05) is 23.7 Å². The van der Waals surface area contributed by atoms with Crippen LogP contribution in [-0.2, 0) is 16.1 Å². The van der Waals surface area contributed by atoms with Crippen molar-refractivity contribution in [2.75, 3.05) is 19.5 Å². The first-order chi connectivity index (χ1) is 11.9. The Labute approximate surface area is 148 Å². The molecule has 2 aromatic carbocycles. The molecule has 0 aliphatic carbocycles. The van der Waals surface area contributed by atoms with E-state index >= 15 is 0 Å². The van der Waals surface area contributed by atoms with Crippen LogP contribution in [0.15, 0.2) is 36.4 Å². The molecular formula is C17H16ClFN2O4. The summed E-state index contributed by atoms with van der Waals surface area (Å²) < 4.78 is 23.0. The molecule has 6 nitrogen and oxygen atoms in total. The van der Waals surface area contributed by atoms with Crippen molar-refractivity contribution in [1.82, 2.24) is 5.32 Å². The molecule has 0 aliphatic rings. The lowest BCUT2D eigenvalue weighted by molar-refractivity contribution is -0.136. The van der Waals surface area contributed by atoms with E-state index < -0.39 is 11.8 Å². The minimum atomic E-state index is -0.884. The summed E-state index contributed by atoms with van der Waals surface area (Å²) in [6, 6.07) is 8.48. The van der Waals surface area contributed by atoms with Crippen LogP contribution in [0.1, 0.15) is 5.56 Å². The number of carbonyl (C=O) groups is 2. The Hall–Kier alpha value is -2.80. The number of hydrogen-bond acceptors (Lipinski definition) is 4. The monoisotopic (exact) mass is 366 g/mol. The Bertz CT molecular complexity index is 781. The van der Waals surface area contributed by atoms with Gasteiger partial charge in [0.25, 0.3) is 0 Å². The van der Waals surface area contributed by atoms with E-state index in [0.29, 0.717) is 16.3 Å². The second-order valence-electron chi connectivity index (χ2n) is 4.95. The van der Waals surface area contributed by atoms with E-state index in [4.69, 9.17) is 21.1 Å². The highest BCUT2D eigenvalue weighted by Gasteiger charge is 2.17. The molecule has 0 saturated heterocycles. The van der Waals surface area contributed by atoms with Gasteiger partial charge in [0.1, 0.15) is 17.3 Å². The van der Waals surface area contributed by atoms with Gasteiger partial charge in [-0.15, -0.1) is 0 Å². The van der Waals surface area contributed by atoms with Crippen molar-refractivity contribution in [3.05, 3.63) is 52.8 Å². The second-order valence-corrected chi connectivity index (χ2v) is 5.36. The van der Waals surface area contributed by atoms with Crippen LogP contribution in [0.4, 0.5) is 10.1 Å². The molecule has 0 radical (unpaired) electrons. The Morgan fingerprint density at radius 1 is 1.04 bits per heavy atom. The minimum Gasteiger partial charge on any atom is -0.495 e. The first-order valence-electron chi connectivity index (χ1n) is 7.19. The number of anilines is 1.